The third kappa shape index (κ3) is 5.41. The maximum Gasteiger partial charge on any atom is 0.517 e. The molecule has 0 unspecified atom stereocenters. The summed E-state index contributed by atoms with van der Waals surface area (Å²) in [6, 6.07) is 3.17. The molecule has 14 heteroatoms. The van der Waals surface area contributed by atoms with Crippen LogP contribution in [0.4, 0.5) is 18.9 Å². The second-order valence-corrected chi connectivity index (χ2v) is 8.00. The molecule has 2 aromatic rings. The van der Waals surface area contributed by atoms with Gasteiger partial charge in [0.15, 0.2) is 0 Å². The number of ether oxygens (including phenoxy) is 1. The van der Waals surface area contributed by atoms with Gasteiger partial charge in [-0.3, -0.25) is 4.79 Å². The van der Waals surface area contributed by atoms with E-state index in [1.807, 2.05) is 0 Å². The van der Waals surface area contributed by atoms with E-state index in [1.54, 1.807) is 0 Å². The summed E-state index contributed by atoms with van der Waals surface area (Å²) in [5.41, 5.74) is -6.48. The number of amides is 1. The zero-order valence-corrected chi connectivity index (χ0v) is 17.9. The maximum atomic E-state index is 13.3. The molecular formula is C17H16ClF3N4O5S. The van der Waals surface area contributed by atoms with E-state index in [1.165, 1.54) is 39.4 Å². The van der Waals surface area contributed by atoms with Gasteiger partial charge in [-0.1, -0.05) is 23.7 Å². The van der Waals surface area contributed by atoms with Crippen LogP contribution in [0.5, 0.6) is 11.8 Å². The van der Waals surface area contributed by atoms with E-state index in [9.17, 15) is 26.4 Å². The second kappa shape index (κ2) is 9.47. The molecule has 0 aliphatic carbocycles. The van der Waals surface area contributed by atoms with Crippen molar-refractivity contribution in [1.29, 1.82) is 0 Å². The molecule has 0 saturated carbocycles. The first-order valence-corrected chi connectivity index (χ1v) is 10.3. The Morgan fingerprint density at radius 3 is 2.39 bits per heavy atom. The van der Waals surface area contributed by atoms with E-state index < -0.39 is 33.5 Å². The smallest absolute Gasteiger partial charge is 0.424 e. The number of hydrogen-bond acceptors (Lipinski definition) is 8. The van der Waals surface area contributed by atoms with Crippen molar-refractivity contribution in [2.45, 2.75) is 25.8 Å². The highest BCUT2D eigenvalue weighted by molar-refractivity contribution is 7.94. The average Bonchev–Trinajstić information content (AvgIpc) is 2.69. The van der Waals surface area contributed by atoms with Crippen molar-refractivity contribution in [3.63, 3.8) is 0 Å². The first-order valence-electron chi connectivity index (χ1n) is 8.44. The van der Waals surface area contributed by atoms with Crippen LogP contribution in [-0.4, -0.2) is 42.6 Å². The summed E-state index contributed by atoms with van der Waals surface area (Å²) in [6.45, 7) is 2.58. The van der Waals surface area contributed by atoms with E-state index in [2.05, 4.69) is 20.0 Å². The van der Waals surface area contributed by atoms with Crippen LogP contribution in [-0.2, 0) is 19.7 Å². The van der Waals surface area contributed by atoms with Gasteiger partial charge < -0.3 is 9.57 Å². The molecule has 0 aliphatic rings. The van der Waals surface area contributed by atoms with Crippen molar-refractivity contribution in [1.82, 2.24) is 9.97 Å². The molecule has 0 saturated heterocycles. The van der Waals surface area contributed by atoms with Crippen LogP contribution in [0.1, 0.15) is 25.8 Å². The Kier molecular flexibility index (Phi) is 7.44. The van der Waals surface area contributed by atoms with Crippen LogP contribution >= 0.6 is 11.6 Å². The molecule has 31 heavy (non-hydrogen) atoms. The zero-order chi connectivity index (χ0) is 23.4. The van der Waals surface area contributed by atoms with E-state index in [0.717, 1.165) is 12.1 Å². The van der Waals surface area contributed by atoms with E-state index in [4.69, 9.17) is 16.3 Å². The summed E-state index contributed by atoms with van der Waals surface area (Å²) in [6.07, 6.45) is 2.01. The zero-order valence-electron chi connectivity index (χ0n) is 16.3. The highest BCUT2D eigenvalue weighted by Gasteiger charge is 2.52. The third-order valence-corrected chi connectivity index (χ3v) is 5.33. The fourth-order valence-corrected chi connectivity index (χ4v) is 3.46. The standard InChI is InChI=1S/C17H16ClF3N4O5S/c1-4-15(26)25(31(27,28)17(19,20)21)14-6-5-12(7-13(14)10(2)24-29-3)30-16-22-8-11(18)9-23-16/h5-9H,4H2,1-3H3. The van der Waals surface area contributed by atoms with Gasteiger partial charge in [0.05, 0.1) is 28.8 Å². The molecule has 0 bridgehead atoms. The number of carbonyl (C=O) groups is 1. The number of carbonyl (C=O) groups excluding carboxylic acids is 1. The normalized spacial score (nSPS) is 12.4. The second-order valence-electron chi connectivity index (χ2n) is 5.79. The highest BCUT2D eigenvalue weighted by Crippen LogP contribution is 2.35. The van der Waals surface area contributed by atoms with Gasteiger partial charge >= 0.3 is 21.5 Å². The van der Waals surface area contributed by atoms with Crippen LogP contribution in [0.15, 0.2) is 35.7 Å². The summed E-state index contributed by atoms with van der Waals surface area (Å²) < 4.78 is 69.2. The molecule has 0 N–H and O–H groups in total. The van der Waals surface area contributed by atoms with Crippen LogP contribution in [0, 0.1) is 0 Å². The third-order valence-electron chi connectivity index (χ3n) is 3.67. The van der Waals surface area contributed by atoms with E-state index >= 15 is 0 Å². The summed E-state index contributed by atoms with van der Waals surface area (Å²) >= 11 is 5.70. The number of halogens is 4. The summed E-state index contributed by atoms with van der Waals surface area (Å²) in [5.74, 6) is -1.27. The molecule has 0 radical (unpaired) electrons. The van der Waals surface area contributed by atoms with Crippen LogP contribution in [0.2, 0.25) is 5.02 Å². The van der Waals surface area contributed by atoms with Gasteiger partial charge in [0.25, 0.3) is 0 Å². The molecule has 1 aromatic carbocycles. The quantitative estimate of drug-likeness (QED) is 0.436. The van der Waals surface area contributed by atoms with E-state index in [-0.39, 0.29) is 32.4 Å². The molecule has 1 aromatic heterocycles. The molecule has 1 heterocycles. The Morgan fingerprint density at radius 2 is 1.87 bits per heavy atom. The number of aromatic nitrogens is 2. The summed E-state index contributed by atoms with van der Waals surface area (Å²) in [4.78, 5) is 24.5. The molecule has 1 amide bonds. The molecule has 9 nitrogen and oxygen atoms in total. The van der Waals surface area contributed by atoms with Crippen LogP contribution < -0.4 is 9.04 Å². The van der Waals surface area contributed by atoms with Crippen molar-refractivity contribution < 1.29 is 36.0 Å². The van der Waals surface area contributed by atoms with Gasteiger partial charge in [-0.15, -0.1) is 0 Å². The fraction of sp³-hybridized carbons (Fsp3) is 0.294. The van der Waals surface area contributed by atoms with Crippen LogP contribution in [0.3, 0.4) is 0 Å². The Balaban J connectivity index is 2.67. The van der Waals surface area contributed by atoms with Crippen molar-refractivity contribution in [2.75, 3.05) is 11.4 Å². The largest absolute Gasteiger partial charge is 0.517 e. The van der Waals surface area contributed by atoms with E-state index in [0.29, 0.717) is 0 Å². The Labute approximate surface area is 180 Å². The van der Waals surface area contributed by atoms with Crippen molar-refractivity contribution >= 4 is 38.9 Å². The minimum Gasteiger partial charge on any atom is -0.424 e. The minimum absolute atomic E-state index is 0.0220. The van der Waals surface area contributed by atoms with Gasteiger partial charge in [-0.2, -0.15) is 25.9 Å². The lowest BCUT2D eigenvalue weighted by molar-refractivity contribution is -0.117. The number of rotatable bonds is 7. The lowest BCUT2D eigenvalue weighted by Gasteiger charge is -2.25. The lowest BCUT2D eigenvalue weighted by atomic mass is 10.1. The predicted octanol–water partition coefficient (Wildman–Crippen LogP) is 3.89. The van der Waals surface area contributed by atoms with Gasteiger partial charge in [-0.25, -0.2) is 9.97 Å². The minimum atomic E-state index is -6.04. The number of benzene rings is 1. The average molecular weight is 481 g/mol. The SMILES string of the molecule is CCC(=O)N(c1ccc(Oc2ncc(Cl)cn2)cc1C(C)=NOC)S(=O)(=O)C(F)(F)F. The number of hydrogen-bond donors (Lipinski definition) is 0. The lowest BCUT2D eigenvalue weighted by Crippen LogP contribution is -2.45. The molecule has 2 rings (SSSR count). The molecule has 0 fully saturated rings. The van der Waals surface area contributed by atoms with Gasteiger partial charge in [-0.05, 0) is 25.1 Å². The van der Waals surface area contributed by atoms with Crippen molar-refractivity contribution in [3.8, 4) is 11.8 Å². The Hall–Kier alpha value is -2.93. The monoisotopic (exact) mass is 480 g/mol. The fourth-order valence-electron chi connectivity index (χ4n) is 2.34. The van der Waals surface area contributed by atoms with Crippen molar-refractivity contribution in [3.05, 3.63) is 41.2 Å². The Morgan fingerprint density at radius 1 is 1.26 bits per heavy atom. The number of sulfonamides is 1. The van der Waals surface area contributed by atoms with Crippen molar-refractivity contribution in [2.24, 2.45) is 5.16 Å². The number of anilines is 1. The number of oxime groups is 1. The molecule has 0 aliphatic heterocycles. The van der Waals surface area contributed by atoms with Gasteiger partial charge in [0.2, 0.25) is 5.91 Å². The number of nitrogens with zero attached hydrogens (tertiary/aromatic N) is 4. The summed E-state index contributed by atoms with van der Waals surface area (Å²) in [5, 5.41) is 3.87. The topological polar surface area (TPSA) is 111 Å². The maximum absolute atomic E-state index is 13.3. The highest BCUT2D eigenvalue weighted by atomic mass is 35.5. The van der Waals surface area contributed by atoms with Gasteiger partial charge in [0.1, 0.15) is 12.9 Å². The molecule has 0 atom stereocenters. The molecular weight excluding hydrogens is 465 g/mol. The molecule has 168 valence electrons. The predicted molar refractivity (Wildman–Crippen MR) is 106 cm³/mol. The van der Waals surface area contributed by atoms with Gasteiger partial charge in [0, 0.05) is 12.0 Å². The molecule has 0 spiro atoms. The summed E-state index contributed by atoms with van der Waals surface area (Å²) in [7, 11) is -4.86. The first-order chi connectivity index (χ1) is 14.4. The first kappa shape index (κ1) is 24.3. The Bertz CT molecular complexity index is 1090. The van der Waals surface area contributed by atoms with Crippen LogP contribution in [0.25, 0.3) is 0 Å². The number of alkyl halides is 3.